The molecule has 0 bridgehead atoms. The van der Waals surface area contributed by atoms with Gasteiger partial charge in [0.1, 0.15) is 5.69 Å². The summed E-state index contributed by atoms with van der Waals surface area (Å²) in [6.07, 6.45) is -4.46. The molecule has 1 aromatic carbocycles. The summed E-state index contributed by atoms with van der Waals surface area (Å²) in [6, 6.07) is 3.59. The highest BCUT2D eigenvalue weighted by molar-refractivity contribution is 7.13. The molecular weight excluding hydrogens is 291 g/mol. The maximum atomic E-state index is 12.8. The van der Waals surface area contributed by atoms with Crippen LogP contribution in [0.3, 0.4) is 0 Å². The van der Waals surface area contributed by atoms with Crippen LogP contribution in [0.4, 0.5) is 24.0 Å². The van der Waals surface area contributed by atoms with Crippen LogP contribution < -0.4 is 11.1 Å². The monoisotopic (exact) mass is 301 g/mol. The molecule has 1 heterocycles. The van der Waals surface area contributed by atoms with Gasteiger partial charge in [-0.05, 0) is 24.6 Å². The van der Waals surface area contributed by atoms with Crippen LogP contribution in [0.5, 0.6) is 0 Å². The Balaban J connectivity index is 2.24. The molecule has 1 amide bonds. The number of halogens is 3. The van der Waals surface area contributed by atoms with E-state index in [1.165, 1.54) is 24.4 Å². The van der Waals surface area contributed by atoms with Gasteiger partial charge in [-0.1, -0.05) is 6.07 Å². The minimum Gasteiger partial charge on any atom is -0.375 e. The van der Waals surface area contributed by atoms with Crippen LogP contribution in [0.2, 0.25) is 0 Å². The molecule has 2 aromatic rings. The molecule has 0 saturated heterocycles. The molecule has 0 aliphatic rings. The van der Waals surface area contributed by atoms with Gasteiger partial charge in [-0.15, -0.1) is 11.3 Å². The van der Waals surface area contributed by atoms with Gasteiger partial charge in [-0.25, -0.2) is 4.98 Å². The van der Waals surface area contributed by atoms with Gasteiger partial charge in [-0.3, -0.25) is 4.79 Å². The van der Waals surface area contributed by atoms with Gasteiger partial charge in [-0.2, -0.15) is 13.2 Å². The Morgan fingerprint density at radius 2 is 2.10 bits per heavy atom. The average molecular weight is 301 g/mol. The Labute approximate surface area is 116 Å². The molecule has 8 heteroatoms. The van der Waals surface area contributed by atoms with Gasteiger partial charge in [0, 0.05) is 11.1 Å². The lowest BCUT2D eigenvalue weighted by Crippen LogP contribution is -2.14. The Kier molecular flexibility index (Phi) is 3.67. The van der Waals surface area contributed by atoms with E-state index in [1.807, 2.05) is 0 Å². The quantitative estimate of drug-likeness (QED) is 0.894. The normalized spacial score (nSPS) is 11.4. The number of nitrogens with two attached hydrogens (primary N) is 1. The number of aryl methyl sites for hydroxylation is 1. The first-order chi connectivity index (χ1) is 9.27. The SMILES string of the molecule is Cc1ccc(NC(=O)c2csc(N)n2)cc1C(F)(F)F. The fourth-order valence-corrected chi connectivity index (χ4v) is 2.14. The number of carbonyl (C=O) groups is 1. The van der Waals surface area contributed by atoms with E-state index in [1.54, 1.807) is 0 Å². The number of nitrogens with one attached hydrogen (secondary N) is 1. The average Bonchev–Trinajstić information content (AvgIpc) is 2.77. The second kappa shape index (κ2) is 5.12. The number of hydrogen-bond donors (Lipinski definition) is 2. The van der Waals surface area contributed by atoms with Gasteiger partial charge < -0.3 is 11.1 Å². The van der Waals surface area contributed by atoms with E-state index in [0.717, 1.165) is 17.4 Å². The zero-order valence-electron chi connectivity index (χ0n) is 10.3. The largest absolute Gasteiger partial charge is 0.416 e. The molecule has 0 fully saturated rings. The third kappa shape index (κ3) is 3.08. The van der Waals surface area contributed by atoms with Crippen molar-refractivity contribution in [2.45, 2.75) is 13.1 Å². The second-order valence-corrected chi connectivity index (χ2v) is 4.94. The van der Waals surface area contributed by atoms with Gasteiger partial charge in [0.2, 0.25) is 0 Å². The number of hydrogen-bond acceptors (Lipinski definition) is 4. The van der Waals surface area contributed by atoms with E-state index in [0.29, 0.717) is 0 Å². The Morgan fingerprint density at radius 1 is 1.40 bits per heavy atom. The van der Waals surface area contributed by atoms with Crippen molar-refractivity contribution in [3.05, 3.63) is 40.4 Å². The third-order valence-corrected chi connectivity index (χ3v) is 3.23. The van der Waals surface area contributed by atoms with E-state index in [-0.39, 0.29) is 22.1 Å². The first-order valence-electron chi connectivity index (χ1n) is 5.47. The number of thiazole rings is 1. The molecule has 106 valence electrons. The maximum Gasteiger partial charge on any atom is 0.416 e. The summed E-state index contributed by atoms with van der Waals surface area (Å²) in [6.45, 7) is 1.36. The molecule has 4 nitrogen and oxygen atoms in total. The molecule has 1 aromatic heterocycles. The lowest BCUT2D eigenvalue weighted by atomic mass is 10.1. The first kappa shape index (κ1) is 14.3. The van der Waals surface area contributed by atoms with Crippen molar-refractivity contribution in [2.75, 3.05) is 11.1 Å². The summed E-state index contributed by atoms with van der Waals surface area (Å²) < 4.78 is 38.3. The topological polar surface area (TPSA) is 68.0 Å². The van der Waals surface area contributed by atoms with Crippen LogP contribution in [0.25, 0.3) is 0 Å². The summed E-state index contributed by atoms with van der Waals surface area (Å²) >= 11 is 1.08. The number of rotatable bonds is 2. The lowest BCUT2D eigenvalue weighted by molar-refractivity contribution is -0.138. The molecule has 20 heavy (non-hydrogen) atoms. The van der Waals surface area contributed by atoms with Crippen LogP contribution in [0.15, 0.2) is 23.6 Å². The predicted molar refractivity (Wildman–Crippen MR) is 70.7 cm³/mol. The smallest absolute Gasteiger partial charge is 0.375 e. The molecule has 0 atom stereocenters. The fraction of sp³-hybridized carbons (Fsp3) is 0.167. The highest BCUT2D eigenvalue weighted by atomic mass is 32.1. The van der Waals surface area contributed by atoms with E-state index in [9.17, 15) is 18.0 Å². The number of alkyl halides is 3. The maximum absolute atomic E-state index is 12.8. The van der Waals surface area contributed by atoms with Gasteiger partial charge in [0.05, 0.1) is 5.56 Å². The second-order valence-electron chi connectivity index (χ2n) is 4.05. The number of benzene rings is 1. The van der Waals surface area contributed by atoms with Crippen LogP contribution in [0.1, 0.15) is 21.6 Å². The summed E-state index contributed by atoms with van der Waals surface area (Å²) in [4.78, 5) is 15.5. The number of carbonyl (C=O) groups excluding carboxylic acids is 1. The highest BCUT2D eigenvalue weighted by Gasteiger charge is 2.32. The standard InChI is InChI=1S/C12H10F3N3OS/c1-6-2-3-7(4-8(6)12(13,14)15)17-10(19)9-5-20-11(16)18-9/h2-5H,1H3,(H2,16,18)(H,17,19). The highest BCUT2D eigenvalue weighted by Crippen LogP contribution is 2.33. The number of amides is 1. The summed E-state index contributed by atoms with van der Waals surface area (Å²) in [5.41, 5.74) is 4.82. The van der Waals surface area contributed by atoms with Crippen LogP contribution in [-0.2, 0) is 6.18 Å². The molecule has 0 saturated carbocycles. The van der Waals surface area contributed by atoms with Crippen molar-refractivity contribution in [2.24, 2.45) is 0 Å². The zero-order chi connectivity index (χ0) is 14.9. The Bertz CT molecular complexity index is 652. The van der Waals surface area contributed by atoms with Crippen molar-refractivity contribution < 1.29 is 18.0 Å². The van der Waals surface area contributed by atoms with E-state index in [2.05, 4.69) is 10.3 Å². The Hall–Kier alpha value is -2.09. The summed E-state index contributed by atoms with van der Waals surface area (Å²) in [5, 5.41) is 4.01. The molecule has 0 aliphatic carbocycles. The molecule has 0 spiro atoms. The van der Waals surface area contributed by atoms with Crippen molar-refractivity contribution in [3.63, 3.8) is 0 Å². The molecular formula is C12H10F3N3OS. The molecule has 3 N–H and O–H groups in total. The van der Waals surface area contributed by atoms with Gasteiger partial charge >= 0.3 is 6.18 Å². The molecule has 2 rings (SSSR count). The van der Waals surface area contributed by atoms with Gasteiger partial charge in [0.15, 0.2) is 5.13 Å². The number of nitrogen functional groups attached to an aromatic ring is 1. The first-order valence-corrected chi connectivity index (χ1v) is 6.35. The minimum absolute atomic E-state index is 0.0551. The van der Waals surface area contributed by atoms with Crippen LogP contribution >= 0.6 is 11.3 Å². The van der Waals surface area contributed by atoms with Crippen molar-refractivity contribution in [1.29, 1.82) is 0 Å². The van der Waals surface area contributed by atoms with E-state index < -0.39 is 17.6 Å². The lowest BCUT2D eigenvalue weighted by Gasteiger charge is -2.12. The number of nitrogens with zero attached hydrogens (tertiary/aromatic N) is 1. The van der Waals surface area contributed by atoms with Gasteiger partial charge in [0.25, 0.3) is 5.91 Å². The zero-order valence-corrected chi connectivity index (χ0v) is 11.1. The number of aromatic nitrogens is 1. The van der Waals surface area contributed by atoms with Crippen molar-refractivity contribution in [1.82, 2.24) is 4.98 Å². The minimum atomic E-state index is -4.46. The fourth-order valence-electron chi connectivity index (χ4n) is 1.59. The molecule has 0 aliphatic heterocycles. The predicted octanol–water partition coefficient (Wildman–Crippen LogP) is 3.30. The number of anilines is 2. The third-order valence-electron chi connectivity index (χ3n) is 2.56. The summed E-state index contributed by atoms with van der Waals surface area (Å²) in [5.74, 6) is -0.602. The summed E-state index contributed by atoms with van der Waals surface area (Å²) in [7, 11) is 0. The van der Waals surface area contributed by atoms with Crippen LogP contribution in [0, 0.1) is 6.92 Å². The molecule has 0 unspecified atom stereocenters. The van der Waals surface area contributed by atoms with Crippen molar-refractivity contribution in [3.8, 4) is 0 Å². The molecule has 0 radical (unpaired) electrons. The van der Waals surface area contributed by atoms with E-state index in [4.69, 9.17) is 5.73 Å². The van der Waals surface area contributed by atoms with Crippen LogP contribution in [-0.4, -0.2) is 10.9 Å². The Morgan fingerprint density at radius 3 is 2.65 bits per heavy atom. The van der Waals surface area contributed by atoms with E-state index >= 15 is 0 Å². The van der Waals surface area contributed by atoms with Crippen molar-refractivity contribution >= 4 is 28.1 Å².